The van der Waals surface area contributed by atoms with Gasteiger partial charge in [0.2, 0.25) is 0 Å². The molecule has 2 aromatic carbocycles. The van der Waals surface area contributed by atoms with E-state index in [1.165, 1.54) is 20.3 Å². The number of anilines is 1. The third-order valence-electron chi connectivity index (χ3n) is 3.37. The maximum atomic E-state index is 12.4. The highest BCUT2D eigenvalue weighted by molar-refractivity contribution is 9.10. The SMILES string of the molecule is COc1cc(OC)c(/C=C(/C#N)C(=O)Nc2cccc(Cl)c2Cl)cc1Br. The van der Waals surface area contributed by atoms with Crippen LogP contribution in [0.3, 0.4) is 0 Å². The average Bonchev–Trinajstić information content (AvgIpc) is 2.63. The number of nitrogens with zero attached hydrogens (tertiary/aromatic N) is 1. The number of methoxy groups -OCH3 is 2. The van der Waals surface area contributed by atoms with Crippen molar-refractivity contribution in [3.63, 3.8) is 0 Å². The molecule has 0 spiro atoms. The van der Waals surface area contributed by atoms with Gasteiger partial charge < -0.3 is 14.8 Å². The number of amides is 1. The van der Waals surface area contributed by atoms with Gasteiger partial charge in [-0.2, -0.15) is 5.26 Å². The number of nitrogens with one attached hydrogen (secondary N) is 1. The van der Waals surface area contributed by atoms with Crippen LogP contribution in [0.25, 0.3) is 6.08 Å². The topological polar surface area (TPSA) is 71.3 Å². The third kappa shape index (κ3) is 4.50. The van der Waals surface area contributed by atoms with Crippen LogP contribution in [0.1, 0.15) is 5.56 Å². The smallest absolute Gasteiger partial charge is 0.266 e. The van der Waals surface area contributed by atoms with Gasteiger partial charge in [-0.05, 0) is 40.2 Å². The first-order valence-electron chi connectivity index (χ1n) is 7.20. The first-order valence-corrected chi connectivity index (χ1v) is 8.74. The van der Waals surface area contributed by atoms with Crippen molar-refractivity contribution < 1.29 is 14.3 Å². The van der Waals surface area contributed by atoms with Gasteiger partial charge in [0.15, 0.2) is 0 Å². The lowest BCUT2D eigenvalue weighted by molar-refractivity contribution is -0.112. The van der Waals surface area contributed by atoms with Crippen LogP contribution in [-0.4, -0.2) is 20.1 Å². The van der Waals surface area contributed by atoms with E-state index in [4.69, 9.17) is 32.7 Å². The van der Waals surface area contributed by atoms with Gasteiger partial charge in [-0.15, -0.1) is 0 Å². The number of rotatable bonds is 5. The van der Waals surface area contributed by atoms with Gasteiger partial charge >= 0.3 is 0 Å². The zero-order chi connectivity index (χ0) is 19.3. The lowest BCUT2D eigenvalue weighted by Gasteiger charge is -2.11. The van der Waals surface area contributed by atoms with Crippen molar-refractivity contribution in [2.75, 3.05) is 19.5 Å². The number of halogens is 3. The largest absolute Gasteiger partial charge is 0.496 e. The summed E-state index contributed by atoms with van der Waals surface area (Å²) in [5, 5.41) is 12.4. The fraction of sp³-hybridized carbons (Fsp3) is 0.111. The monoisotopic (exact) mass is 454 g/mol. The van der Waals surface area contributed by atoms with Gasteiger partial charge in [-0.25, -0.2) is 0 Å². The quantitative estimate of drug-likeness (QED) is 0.489. The first-order chi connectivity index (χ1) is 12.4. The molecule has 0 saturated carbocycles. The lowest BCUT2D eigenvalue weighted by Crippen LogP contribution is -2.13. The molecule has 8 heteroatoms. The summed E-state index contributed by atoms with van der Waals surface area (Å²) in [6.07, 6.45) is 1.41. The van der Waals surface area contributed by atoms with Crippen LogP contribution in [0.15, 0.2) is 40.4 Å². The first kappa shape index (κ1) is 20.1. The maximum absolute atomic E-state index is 12.4. The number of hydrogen-bond donors (Lipinski definition) is 1. The molecule has 134 valence electrons. The summed E-state index contributed by atoms with van der Waals surface area (Å²) in [4.78, 5) is 12.4. The molecule has 2 aromatic rings. The molecule has 0 bridgehead atoms. The van der Waals surface area contributed by atoms with E-state index >= 15 is 0 Å². The molecule has 0 atom stereocenters. The second-order valence-electron chi connectivity index (χ2n) is 4.95. The number of benzene rings is 2. The highest BCUT2D eigenvalue weighted by atomic mass is 79.9. The molecule has 0 heterocycles. The predicted molar refractivity (Wildman–Crippen MR) is 106 cm³/mol. The van der Waals surface area contributed by atoms with Crippen molar-refractivity contribution >= 4 is 56.8 Å². The number of ether oxygens (including phenoxy) is 2. The summed E-state index contributed by atoms with van der Waals surface area (Å²) in [5.74, 6) is 0.393. The summed E-state index contributed by atoms with van der Waals surface area (Å²) in [5.41, 5.74) is 0.716. The predicted octanol–water partition coefficient (Wildman–Crippen LogP) is 5.32. The van der Waals surface area contributed by atoms with Crippen molar-refractivity contribution in [2.24, 2.45) is 0 Å². The van der Waals surface area contributed by atoms with Crippen LogP contribution in [-0.2, 0) is 4.79 Å². The summed E-state index contributed by atoms with van der Waals surface area (Å²) in [7, 11) is 3.01. The zero-order valence-corrected chi connectivity index (χ0v) is 16.9. The van der Waals surface area contributed by atoms with E-state index < -0.39 is 5.91 Å². The maximum Gasteiger partial charge on any atom is 0.266 e. The molecular formula is C18H13BrCl2N2O3. The standard InChI is InChI=1S/C18H13BrCl2N2O3/c1-25-15-8-16(26-2)12(19)7-10(15)6-11(9-22)18(24)23-14-5-3-4-13(20)17(14)21/h3-8H,1-2H3,(H,23,24)/b11-6-. The Morgan fingerprint density at radius 3 is 2.54 bits per heavy atom. The van der Waals surface area contributed by atoms with Crippen LogP contribution in [0, 0.1) is 11.3 Å². The Morgan fingerprint density at radius 2 is 1.92 bits per heavy atom. The molecule has 5 nitrogen and oxygen atoms in total. The van der Waals surface area contributed by atoms with E-state index in [9.17, 15) is 10.1 Å². The van der Waals surface area contributed by atoms with Gasteiger partial charge in [-0.3, -0.25) is 4.79 Å². The Hall–Kier alpha value is -2.20. The van der Waals surface area contributed by atoms with Gasteiger partial charge in [0.05, 0.1) is 34.4 Å². The fourth-order valence-electron chi connectivity index (χ4n) is 2.09. The third-order valence-corrected chi connectivity index (χ3v) is 4.81. The van der Waals surface area contributed by atoms with Crippen molar-refractivity contribution in [1.29, 1.82) is 5.26 Å². The van der Waals surface area contributed by atoms with Crippen molar-refractivity contribution in [1.82, 2.24) is 0 Å². The van der Waals surface area contributed by atoms with E-state index in [1.54, 1.807) is 30.3 Å². The molecule has 0 saturated heterocycles. The number of hydrogen-bond acceptors (Lipinski definition) is 4. The Bertz CT molecular complexity index is 923. The molecule has 0 aliphatic heterocycles. The summed E-state index contributed by atoms with van der Waals surface area (Å²) in [6, 6.07) is 10.0. The molecule has 0 aromatic heterocycles. The van der Waals surface area contributed by atoms with Crippen molar-refractivity contribution in [3.8, 4) is 17.6 Å². The van der Waals surface area contributed by atoms with Crippen LogP contribution >= 0.6 is 39.1 Å². The highest BCUT2D eigenvalue weighted by Gasteiger charge is 2.15. The minimum atomic E-state index is -0.620. The van der Waals surface area contributed by atoms with Crippen molar-refractivity contribution in [2.45, 2.75) is 0 Å². The molecule has 0 unspecified atom stereocenters. The number of carbonyl (C=O) groups is 1. The molecule has 0 radical (unpaired) electrons. The lowest BCUT2D eigenvalue weighted by atomic mass is 10.1. The Labute approximate surface area is 169 Å². The van der Waals surface area contributed by atoms with Gasteiger partial charge in [0.25, 0.3) is 5.91 Å². The van der Waals surface area contributed by atoms with E-state index in [0.717, 1.165) is 0 Å². The van der Waals surface area contributed by atoms with Gasteiger partial charge in [0, 0.05) is 11.6 Å². The van der Waals surface area contributed by atoms with E-state index in [-0.39, 0.29) is 10.6 Å². The second kappa shape index (κ2) is 8.95. The van der Waals surface area contributed by atoms with Crippen LogP contribution in [0.2, 0.25) is 10.0 Å². The molecule has 1 N–H and O–H groups in total. The van der Waals surface area contributed by atoms with E-state index in [2.05, 4.69) is 21.2 Å². The molecule has 0 fully saturated rings. The van der Waals surface area contributed by atoms with Crippen LogP contribution in [0.5, 0.6) is 11.5 Å². The number of carbonyl (C=O) groups excluding carboxylic acids is 1. The molecule has 26 heavy (non-hydrogen) atoms. The van der Waals surface area contributed by atoms with Gasteiger partial charge in [-0.1, -0.05) is 29.3 Å². The number of nitriles is 1. The minimum Gasteiger partial charge on any atom is -0.496 e. The van der Waals surface area contributed by atoms with Gasteiger partial charge in [0.1, 0.15) is 23.1 Å². The highest BCUT2D eigenvalue weighted by Crippen LogP contribution is 2.34. The Kier molecular flexibility index (Phi) is 6.92. The minimum absolute atomic E-state index is 0.128. The summed E-state index contributed by atoms with van der Waals surface area (Å²) in [6.45, 7) is 0. The molecule has 0 aliphatic carbocycles. The second-order valence-corrected chi connectivity index (χ2v) is 6.59. The fourth-order valence-corrected chi connectivity index (χ4v) is 2.96. The Balaban J connectivity index is 2.39. The molecule has 0 aliphatic rings. The van der Waals surface area contributed by atoms with E-state index in [1.807, 2.05) is 6.07 Å². The van der Waals surface area contributed by atoms with Crippen LogP contribution < -0.4 is 14.8 Å². The zero-order valence-electron chi connectivity index (χ0n) is 13.8. The molecular weight excluding hydrogens is 443 g/mol. The normalized spacial score (nSPS) is 10.8. The van der Waals surface area contributed by atoms with Crippen LogP contribution in [0.4, 0.5) is 5.69 Å². The van der Waals surface area contributed by atoms with Crippen molar-refractivity contribution in [3.05, 3.63) is 56.0 Å². The molecule has 2 rings (SSSR count). The molecule has 1 amide bonds. The summed E-state index contributed by atoms with van der Waals surface area (Å²) >= 11 is 15.4. The van der Waals surface area contributed by atoms with E-state index in [0.29, 0.717) is 32.2 Å². The summed E-state index contributed by atoms with van der Waals surface area (Å²) < 4.78 is 11.2. The average molecular weight is 456 g/mol. The Morgan fingerprint density at radius 1 is 1.23 bits per heavy atom.